The Hall–Kier alpha value is -1.04. The Labute approximate surface area is 122 Å². The molecule has 0 aromatic heterocycles. The Balaban J connectivity index is 1.90. The normalized spacial score (nSPS) is 46.0. The lowest BCUT2D eigenvalue weighted by molar-refractivity contribution is -0.171. The van der Waals surface area contributed by atoms with Gasteiger partial charge in [0.2, 0.25) is 5.91 Å². The highest BCUT2D eigenvalue weighted by Crippen LogP contribution is 2.69. The summed E-state index contributed by atoms with van der Waals surface area (Å²) in [5.74, 6) is 0.836. The summed E-state index contributed by atoms with van der Waals surface area (Å²) in [5, 5.41) is 12.2. The number of carbonyl (C=O) groups excluding carboxylic acids is 1. The van der Waals surface area contributed by atoms with Gasteiger partial charge in [0.1, 0.15) is 5.54 Å². The average molecular weight is 274 g/mol. The van der Waals surface area contributed by atoms with Crippen molar-refractivity contribution >= 4 is 5.91 Å². The van der Waals surface area contributed by atoms with E-state index in [1.807, 2.05) is 0 Å². The highest BCUT2D eigenvalue weighted by molar-refractivity contribution is 5.84. The first-order valence-corrected chi connectivity index (χ1v) is 7.83. The van der Waals surface area contributed by atoms with Crippen LogP contribution in [0.15, 0.2) is 0 Å². The zero-order valence-corrected chi connectivity index (χ0v) is 13.2. The first-order chi connectivity index (χ1) is 9.10. The van der Waals surface area contributed by atoms with E-state index in [9.17, 15) is 4.79 Å². The van der Waals surface area contributed by atoms with Gasteiger partial charge < -0.3 is 5.32 Å². The molecule has 4 bridgehead atoms. The molecule has 0 aromatic carbocycles. The van der Waals surface area contributed by atoms with Gasteiger partial charge in [-0.15, -0.1) is 0 Å². The van der Waals surface area contributed by atoms with Crippen molar-refractivity contribution in [3.05, 3.63) is 0 Å². The number of amides is 1. The second-order valence-corrected chi connectivity index (χ2v) is 9.10. The molecule has 4 rings (SSSR count). The Morgan fingerprint density at radius 2 is 1.70 bits per heavy atom. The van der Waals surface area contributed by atoms with Gasteiger partial charge in [-0.25, -0.2) is 0 Å². The number of nitriles is 1. The van der Waals surface area contributed by atoms with Gasteiger partial charge in [0.05, 0.1) is 11.5 Å². The Bertz CT molecular complexity index is 484. The SMILES string of the molecule is CC12CC3CC(C)(C1)CC(C(=O)NC(C)(C)C#N)(C3)C2. The topological polar surface area (TPSA) is 52.9 Å². The highest BCUT2D eigenvalue weighted by Gasteiger charge is 2.62. The lowest BCUT2D eigenvalue weighted by atomic mass is 9.40. The fourth-order valence-corrected chi connectivity index (χ4v) is 6.15. The van der Waals surface area contributed by atoms with Crippen LogP contribution in [-0.4, -0.2) is 11.4 Å². The van der Waals surface area contributed by atoms with Gasteiger partial charge in [-0.2, -0.15) is 5.26 Å². The molecule has 2 atom stereocenters. The van der Waals surface area contributed by atoms with Crippen LogP contribution >= 0.6 is 0 Å². The van der Waals surface area contributed by atoms with Crippen LogP contribution in [-0.2, 0) is 4.79 Å². The van der Waals surface area contributed by atoms with Gasteiger partial charge in [-0.3, -0.25) is 4.79 Å². The maximum Gasteiger partial charge on any atom is 0.227 e. The molecule has 4 aliphatic carbocycles. The van der Waals surface area contributed by atoms with E-state index in [1.54, 1.807) is 13.8 Å². The van der Waals surface area contributed by atoms with Crippen molar-refractivity contribution in [2.45, 2.75) is 71.8 Å². The summed E-state index contributed by atoms with van der Waals surface area (Å²) in [6.07, 6.45) is 6.91. The fraction of sp³-hybridized carbons (Fsp3) is 0.882. The quantitative estimate of drug-likeness (QED) is 0.839. The van der Waals surface area contributed by atoms with Crippen molar-refractivity contribution in [2.24, 2.45) is 22.2 Å². The van der Waals surface area contributed by atoms with Crippen LogP contribution in [0.25, 0.3) is 0 Å². The Kier molecular flexibility index (Phi) is 2.63. The largest absolute Gasteiger partial charge is 0.338 e. The minimum absolute atomic E-state index is 0.130. The molecular weight excluding hydrogens is 248 g/mol. The third-order valence-electron chi connectivity index (χ3n) is 5.81. The zero-order chi connectivity index (χ0) is 14.8. The number of hydrogen-bond acceptors (Lipinski definition) is 2. The van der Waals surface area contributed by atoms with Crippen LogP contribution in [0.4, 0.5) is 0 Å². The van der Waals surface area contributed by atoms with Crippen LogP contribution in [0.5, 0.6) is 0 Å². The second kappa shape index (κ2) is 3.78. The predicted molar refractivity (Wildman–Crippen MR) is 77.7 cm³/mol. The molecule has 2 unspecified atom stereocenters. The van der Waals surface area contributed by atoms with Gasteiger partial charge in [-0.05, 0) is 69.1 Å². The Morgan fingerprint density at radius 3 is 2.15 bits per heavy atom. The molecule has 4 saturated carbocycles. The van der Waals surface area contributed by atoms with Gasteiger partial charge in [-0.1, -0.05) is 13.8 Å². The second-order valence-electron chi connectivity index (χ2n) is 9.10. The summed E-state index contributed by atoms with van der Waals surface area (Å²) in [4.78, 5) is 12.9. The van der Waals surface area contributed by atoms with E-state index < -0.39 is 5.54 Å². The summed E-state index contributed by atoms with van der Waals surface area (Å²) in [6.45, 7) is 8.31. The molecule has 0 heterocycles. The Morgan fingerprint density at radius 1 is 1.15 bits per heavy atom. The molecule has 3 heteroatoms. The van der Waals surface area contributed by atoms with E-state index in [0.29, 0.717) is 16.7 Å². The number of carbonyl (C=O) groups is 1. The third-order valence-corrected chi connectivity index (χ3v) is 5.81. The van der Waals surface area contributed by atoms with Crippen molar-refractivity contribution in [1.82, 2.24) is 5.32 Å². The number of hydrogen-bond donors (Lipinski definition) is 1. The molecule has 0 saturated heterocycles. The van der Waals surface area contributed by atoms with Crippen LogP contribution in [0.2, 0.25) is 0 Å². The summed E-state index contributed by atoms with van der Waals surface area (Å²) < 4.78 is 0. The zero-order valence-electron chi connectivity index (χ0n) is 13.2. The number of nitrogens with one attached hydrogen (secondary N) is 1. The van der Waals surface area contributed by atoms with Gasteiger partial charge in [0.25, 0.3) is 0 Å². The van der Waals surface area contributed by atoms with Crippen LogP contribution in [0.1, 0.15) is 66.2 Å². The summed E-state index contributed by atoms with van der Waals surface area (Å²) in [5.41, 5.74) is -0.302. The average Bonchev–Trinajstić information content (AvgIpc) is 2.23. The van der Waals surface area contributed by atoms with Gasteiger partial charge in [0.15, 0.2) is 0 Å². The van der Waals surface area contributed by atoms with Crippen molar-refractivity contribution < 1.29 is 4.79 Å². The lowest BCUT2D eigenvalue weighted by Crippen LogP contribution is -2.61. The van der Waals surface area contributed by atoms with E-state index in [2.05, 4.69) is 25.2 Å². The smallest absolute Gasteiger partial charge is 0.227 e. The molecule has 0 radical (unpaired) electrons. The van der Waals surface area contributed by atoms with Crippen molar-refractivity contribution in [1.29, 1.82) is 5.26 Å². The maximum absolute atomic E-state index is 12.9. The molecular formula is C17H26N2O. The minimum atomic E-state index is -0.762. The van der Waals surface area contributed by atoms with Crippen LogP contribution < -0.4 is 5.32 Å². The van der Waals surface area contributed by atoms with Crippen molar-refractivity contribution in [3.8, 4) is 6.07 Å². The summed E-state index contributed by atoms with van der Waals surface area (Å²) in [6, 6.07) is 2.19. The maximum atomic E-state index is 12.9. The summed E-state index contributed by atoms with van der Waals surface area (Å²) >= 11 is 0. The number of nitrogens with zero attached hydrogens (tertiary/aromatic N) is 1. The predicted octanol–water partition coefficient (Wildman–Crippen LogP) is 3.40. The van der Waals surface area contributed by atoms with E-state index in [0.717, 1.165) is 19.3 Å². The first-order valence-electron chi connectivity index (χ1n) is 7.83. The van der Waals surface area contributed by atoms with E-state index >= 15 is 0 Å². The monoisotopic (exact) mass is 274 g/mol. The highest BCUT2D eigenvalue weighted by atomic mass is 16.2. The van der Waals surface area contributed by atoms with Gasteiger partial charge >= 0.3 is 0 Å². The van der Waals surface area contributed by atoms with Crippen molar-refractivity contribution in [2.75, 3.05) is 0 Å². The molecule has 110 valence electrons. The molecule has 1 N–H and O–H groups in total. The number of rotatable bonds is 2. The molecule has 20 heavy (non-hydrogen) atoms. The van der Waals surface area contributed by atoms with Crippen LogP contribution in [0.3, 0.4) is 0 Å². The minimum Gasteiger partial charge on any atom is -0.338 e. The molecule has 1 amide bonds. The molecule has 0 spiro atoms. The van der Waals surface area contributed by atoms with E-state index in [-0.39, 0.29) is 11.3 Å². The molecule has 4 fully saturated rings. The van der Waals surface area contributed by atoms with E-state index in [4.69, 9.17) is 5.26 Å². The van der Waals surface area contributed by atoms with Crippen molar-refractivity contribution in [3.63, 3.8) is 0 Å². The third kappa shape index (κ3) is 2.05. The molecule has 4 aliphatic rings. The van der Waals surface area contributed by atoms with Gasteiger partial charge in [0, 0.05) is 0 Å². The molecule has 0 aromatic rings. The molecule has 3 nitrogen and oxygen atoms in total. The fourth-order valence-electron chi connectivity index (χ4n) is 6.15. The molecule has 0 aliphatic heterocycles. The van der Waals surface area contributed by atoms with Crippen LogP contribution in [0, 0.1) is 33.5 Å². The summed E-state index contributed by atoms with van der Waals surface area (Å²) in [7, 11) is 0. The first kappa shape index (κ1) is 13.9. The lowest BCUT2D eigenvalue weighted by Gasteiger charge is -2.64. The standard InChI is InChI=1S/C17H26N2O/c1-14(2,11-18)19-13(20)17-7-12-5-15(3,9-17)8-16(4,6-12)10-17/h12H,5-10H2,1-4H3,(H,19,20). The van der Waals surface area contributed by atoms with E-state index in [1.165, 1.54) is 19.3 Å².